The number of nitrogens with one attached hydrogen (secondary N) is 1. The highest BCUT2D eigenvalue weighted by molar-refractivity contribution is 7.48. The molecule has 78 valence electrons. The maximum absolute atomic E-state index is 5.42. The molecule has 0 bridgehead atoms. The summed E-state index contributed by atoms with van der Waals surface area (Å²) in [6.45, 7) is 5.24. The smallest absolute Gasteiger partial charge is 0.287 e. The van der Waals surface area contributed by atoms with Gasteiger partial charge in [0.15, 0.2) is 0 Å². The van der Waals surface area contributed by atoms with E-state index in [1.165, 1.54) is 0 Å². The highest BCUT2D eigenvalue weighted by atomic mass is 31.2. The maximum atomic E-state index is 5.42. The van der Waals surface area contributed by atoms with Crippen molar-refractivity contribution in [2.24, 2.45) is 0 Å². The fourth-order valence-corrected chi connectivity index (χ4v) is 1.99. The van der Waals surface area contributed by atoms with Crippen LogP contribution in [0.15, 0.2) is 30.3 Å². The third-order valence-corrected chi connectivity index (χ3v) is 2.91. The lowest BCUT2D eigenvalue weighted by atomic mass is 10.3. The van der Waals surface area contributed by atoms with E-state index in [1.807, 2.05) is 44.2 Å². The van der Waals surface area contributed by atoms with Crippen LogP contribution in [0.1, 0.15) is 13.8 Å². The van der Waals surface area contributed by atoms with Crippen molar-refractivity contribution in [2.45, 2.75) is 13.8 Å². The second-order valence-electron chi connectivity index (χ2n) is 2.57. The van der Waals surface area contributed by atoms with E-state index in [2.05, 4.69) is 5.09 Å². The zero-order valence-corrected chi connectivity index (χ0v) is 9.46. The Morgan fingerprint density at radius 1 is 1.07 bits per heavy atom. The summed E-state index contributed by atoms with van der Waals surface area (Å²) in [5.74, 6) is 0. The summed E-state index contributed by atoms with van der Waals surface area (Å²) in [4.78, 5) is 0. The Morgan fingerprint density at radius 2 is 1.64 bits per heavy atom. The van der Waals surface area contributed by atoms with Crippen molar-refractivity contribution >= 4 is 14.2 Å². The van der Waals surface area contributed by atoms with Gasteiger partial charge in [0.05, 0.1) is 13.2 Å². The lowest BCUT2D eigenvalue weighted by Crippen LogP contribution is -1.99. The summed E-state index contributed by atoms with van der Waals surface area (Å²) >= 11 is 0. The summed E-state index contributed by atoms with van der Waals surface area (Å²) in [5.41, 5.74) is 1.03. The van der Waals surface area contributed by atoms with Crippen LogP contribution < -0.4 is 5.09 Å². The average Bonchev–Trinajstić information content (AvgIpc) is 2.20. The summed E-state index contributed by atoms with van der Waals surface area (Å²) in [6, 6.07) is 9.93. The first-order valence-corrected chi connectivity index (χ1v) is 5.92. The molecule has 1 aromatic carbocycles. The molecule has 14 heavy (non-hydrogen) atoms. The number of anilines is 1. The van der Waals surface area contributed by atoms with E-state index in [-0.39, 0.29) is 0 Å². The van der Waals surface area contributed by atoms with Crippen LogP contribution in [0.25, 0.3) is 0 Å². The van der Waals surface area contributed by atoms with Gasteiger partial charge < -0.3 is 14.1 Å². The second kappa shape index (κ2) is 6.77. The van der Waals surface area contributed by atoms with Crippen LogP contribution in [0, 0.1) is 0 Å². The van der Waals surface area contributed by atoms with Crippen molar-refractivity contribution in [3.63, 3.8) is 0 Å². The SMILES string of the molecule is CCOP(Nc1ccccc1)OCC. The van der Waals surface area contributed by atoms with Crippen molar-refractivity contribution in [2.75, 3.05) is 18.3 Å². The number of para-hydroxylation sites is 1. The largest absolute Gasteiger partial charge is 0.320 e. The average molecular weight is 213 g/mol. The molecule has 0 atom stereocenters. The van der Waals surface area contributed by atoms with E-state index in [0.717, 1.165) is 5.69 Å². The molecular weight excluding hydrogens is 197 g/mol. The van der Waals surface area contributed by atoms with Crippen molar-refractivity contribution in [1.29, 1.82) is 0 Å². The standard InChI is InChI=1S/C10H16NO2P/c1-3-12-14(13-4-2)11-10-8-6-5-7-9-10/h5-9,11H,3-4H2,1-2H3. The Hall–Kier alpha value is -0.630. The van der Waals surface area contributed by atoms with Gasteiger partial charge in [-0.25, -0.2) is 0 Å². The van der Waals surface area contributed by atoms with Gasteiger partial charge in [-0.3, -0.25) is 0 Å². The Labute approximate surface area is 86.4 Å². The van der Waals surface area contributed by atoms with Crippen molar-refractivity contribution < 1.29 is 9.05 Å². The summed E-state index contributed by atoms with van der Waals surface area (Å²) < 4.78 is 10.8. The first-order chi connectivity index (χ1) is 6.86. The lowest BCUT2D eigenvalue weighted by Gasteiger charge is -2.16. The molecule has 0 spiro atoms. The zero-order valence-electron chi connectivity index (χ0n) is 8.56. The fourth-order valence-electron chi connectivity index (χ4n) is 0.954. The Balaban J connectivity index is 2.46. The van der Waals surface area contributed by atoms with Crippen LogP contribution in [0.2, 0.25) is 0 Å². The van der Waals surface area contributed by atoms with Gasteiger partial charge in [0.1, 0.15) is 0 Å². The van der Waals surface area contributed by atoms with E-state index in [1.54, 1.807) is 0 Å². The quantitative estimate of drug-likeness (QED) is 0.734. The molecule has 0 aromatic heterocycles. The lowest BCUT2D eigenvalue weighted by molar-refractivity contribution is 0.273. The number of benzene rings is 1. The first kappa shape index (κ1) is 11.4. The van der Waals surface area contributed by atoms with E-state index in [0.29, 0.717) is 13.2 Å². The molecule has 4 heteroatoms. The van der Waals surface area contributed by atoms with Crippen LogP contribution in [-0.4, -0.2) is 13.2 Å². The third kappa shape index (κ3) is 4.05. The Bertz CT molecular complexity index is 237. The molecule has 1 N–H and O–H groups in total. The molecule has 0 aliphatic carbocycles. The summed E-state index contributed by atoms with van der Waals surface area (Å²) in [6.07, 6.45) is 0. The summed E-state index contributed by atoms with van der Waals surface area (Å²) in [7, 11) is -0.987. The van der Waals surface area contributed by atoms with Gasteiger partial charge in [0.25, 0.3) is 8.53 Å². The van der Waals surface area contributed by atoms with Gasteiger partial charge in [0.2, 0.25) is 0 Å². The Kier molecular flexibility index (Phi) is 5.53. The predicted octanol–water partition coefficient (Wildman–Crippen LogP) is 3.40. The second-order valence-corrected chi connectivity index (χ2v) is 3.82. The molecule has 1 aromatic rings. The molecular formula is C10H16NO2P. The fraction of sp³-hybridized carbons (Fsp3) is 0.400. The van der Waals surface area contributed by atoms with E-state index < -0.39 is 8.53 Å². The maximum Gasteiger partial charge on any atom is 0.287 e. The first-order valence-electron chi connectivity index (χ1n) is 4.74. The third-order valence-electron chi connectivity index (χ3n) is 1.49. The van der Waals surface area contributed by atoms with E-state index in [4.69, 9.17) is 9.05 Å². The number of hydrogen-bond acceptors (Lipinski definition) is 3. The summed E-state index contributed by atoms with van der Waals surface area (Å²) in [5, 5.41) is 3.20. The molecule has 0 radical (unpaired) electrons. The minimum Gasteiger partial charge on any atom is -0.320 e. The van der Waals surface area contributed by atoms with Crippen molar-refractivity contribution in [3.8, 4) is 0 Å². The molecule has 1 rings (SSSR count). The van der Waals surface area contributed by atoms with Gasteiger partial charge in [0, 0.05) is 5.69 Å². The van der Waals surface area contributed by atoms with E-state index in [9.17, 15) is 0 Å². The van der Waals surface area contributed by atoms with Crippen molar-refractivity contribution in [3.05, 3.63) is 30.3 Å². The molecule has 0 saturated carbocycles. The van der Waals surface area contributed by atoms with Gasteiger partial charge in [-0.1, -0.05) is 18.2 Å². The predicted molar refractivity (Wildman–Crippen MR) is 60.2 cm³/mol. The molecule has 0 unspecified atom stereocenters. The van der Waals surface area contributed by atoms with Crippen LogP contribution in [0.4, 0.5) is 5.69 Å². The van der Waals surface area contributed by atoms with Gasteiger partial charge in [-0.15, -0.1) is 0 Å². The normalized spacial score (nSPS) is 10.5. The van der Waals surface area contributed by atoms with Crippen molar-refractivity contribution in [1.82, 2.24) is 0 Å². The van der Waals surface area contributed by atoms with E-state index >= 15 is 0 Å². The van der Waals surface area contributed by atoms with Crippen LogP contribution in [0.5, 0.6) is 0 Å². The monoisotopic (exact) mass is 213 g/mol. The van der Waals surface area contributed by atoms with Gasteiger partial charge in [-0.2, -0.15) is 0 Å². The minimum absolute atomic E-state index is 0.658. The van der Waals surface area contributed by atoms with Crippen LogP contribution in [0.3, 0.4) is 0 Å². The highest BCUT2D eigenvalue weighted by Crippen LogP contribution is 2.38. The molecule has 0 amide bonds. The topological polar surface area (TPSA) is 30.5 Å². The molecule has 0 fully saturated rings. The number of rotatable bonds is 6. The molecule has 0 aliphatic rings. The van der Waals surface area contributed by atoms with Gasteiger partial charge >= 0.3 is 0 Å². The molecule has 0 aliphatic heterocycles. The van der Waals surface area contributed by atoms with Crippen LogP contribution in [-0.2, 0) is 9.05 Å². The Morgan fingerprint density at radius 3 is 2.14 bits per heavy atom. The number of hydrogen-bond donors (Lipinski definition) is 1. The molecule has 0 saturated heterocycles. The molecule has 3 nitrogen and oxygen atoms in total. The minimum atomic E-state index is -0.987. The zero-order chi connectivity index (χ0) is 10.2. The van der Waals surface area contributed by atoms with Crippen LogP contribution >= 0.6 is 8.53 Å². The highest BCUT2D eigenvalue weighted by Gasteiger charge is 2.08. The van der Waals surface area contributed by atoms with Gasteiger partial charge in [-0.05, 0) is 26.0 Å². The molecule has 0 heterocycles.